The fraction of sp³-hybridized carbons (Fsp3) is 0.538. The first kappa shape index (κ1) is 22.8. The van der Waals surface area contributed by atoms with Crippen LogP contribution in [0.2, 0.25) is 0 Å². The number of carboxylic acid groups (broad SMARTS) is 1. The van der Waals surface area contributed by atoms with Crippen molar-refractivity contribution in [3.63, 3.8) is 0 Å². The summed E-state index contributed by atoms with van der Waals surface area (Å²) in [4.78, 5) is 67.5. The largest absolute Gasteiger partial charge is 0.480 e. The van der Waals surface area contributed by atoms with Crippen LogP contribution in [0.25, 0.3) is 0 Å². The number of carbonyl (C=O) groups is 6. The zero-order chi connectivity index (χ0) is 20.3. The van der Waals surface area contributed by atoms with Crippen LogP contribution in [0, 0.1) is 0 Å². The monoisotopic (exact) mass is 374 g/mol. The Kier molecular flexibility index (Phi) is 9.95. The Balaban J connectivity index is 4.65. The standard InChI is InChI=1S/C13H22N6O7/c14-4-10(22)19-7(3-9(16)21)12(24)17-5-11(23)18-6(13(25)26)1-2-8(15)20/h6-7H,1-5,14H2,(H2,15,20)(H2,16,21)(H,17,24)(H,18,23)(H,19,22)(H,25,26). The number of carbonyl (C=O) groups excluding carboxylic acids is 5. The zero-order valence-corrected chi connectivity index (χ0v) is 13.8. The van der Waals surface area contributed by atoms with E-state index < -0.39 is 67.1 Å². The van der Waals surface area contributed by atoms with Gasteiger partial charge in [0.2, 0.25) is 29.5 Å². The van der Waals surface area contributed by atoms with E-state index >= 15 is 0 Å². The summed E-state index contributed by atoms with van der Waals surface area (Å²) in [5.41, 5.74) is 15.0. The number of aliphatic carboxylic acids is 1. The fourth-order valence-corrected chi connectivity index (χ4v) is 1.74. The van der Waals surface area contributed by atoms with Crippen molar-refractivity contribution >= 4 is 35.5 Å². The van der Waals surface area contributed by atoms with Crippen LogP contribution in [0.3, 0.4) is 0 Å². The molecule has 2 atom stereocenters. The molecule has 0 aliphatic carbocycles. The van der Waals surface area contributed by atoms with Crippen LogP contribution in [-0.2, 0) is 28.8 Å². The Labute approximate surface area is 148 Å². The maximum absolute atomic E-state index is 11.9. The molecule has 13 nitrogen and oxygen atoms in total. The topological polar surface area (TPSA) is 237 Å². The fourth-order valence-electron chi connectivity index (χ4n) is 1.74. The Morgan fingerprint density at radius 3 is 1.92 bits per heavy atom. The molecular formula is C13H22N6O7. The van der Waals surface area contributed by atoms with Crippen LogP contribution in [0.4, 0.5) is 0 Å². The van der Waals surface area contributed by atoms with Gasteiger partial charge in [-0.2, -0.15) is 0 Å². The van der Waals surface area contributed by atoms with E-state index in [0.29, 0.717) is 0 Å². The summed E-state index contributed by atoms with van der Waals surface area (Å²) in [6.45, 7) is -1.06. The lowest BCUT2D eigenvalue weighted by Gasteiger charge is -2.17. The van der Waals surface area contributed by atoms with Crippen LogP contribution in [0.1, 0.15) is 19.3 Å². The van der Waals surface area contributed by atoms with E-state index in [2.05, 4.69) is 16.0 Å². The molecule has 10 N–H and O–H groups in total. The van der Waals surface area contributed by atoms with Gasteiger partial charge in [0, 0.05) is 6.42 Å². The van der Waals surface area contributed by atoms with E-state index in [4.69, 9.17) is 22.3 Å². The molecule has 0 radical (unpaired) electrons. The van der Waals surface area contributed by atoms with Crippen LogP contribution in [-0.4, -0.2) is 65.8 Å². The molecule has 0 spiro atoms. The highest BCUT2D eigenvalue weighted by molar-refractivity contribution is 5.94. The lowest BCUT2D eigenvalue weighted by molar-refractivity contribution is -0.142. The third kappa shape index (κ3) is 9.82. The normalized spacial score (nSPS) is 12.3. The van der Waals surface area contributed by atoms with Gasteiger partial charge in [-0.1, -0.05) is 0 Å². The Morgan fingerprint density at radius 1 is 0.885 bits per heavy atom. The zero-order valence-electron chi connectivity index (χ0n) is 13.8. The van der Waals surface area contributed by atoms with Crippen molar-refractivity contribution in [1.82, 2.24) is 16.0 Å². The second-order valence-electron chi connectivity index (χ2n) is 5.18. The summed E-state index contributed by atoms with van der Waals surface area (Å²) < 4.78 is 0. The first-order valence-corrected chi connectivity index (χ1v) is 7.42. The first-order chi connectivity index (χ1) is 12.1. The van der Waals surface area contributed by atoms with Gasteiger partial charge in [-0.05, 0) is 6.42 Å². The van der Waals surface area contributed by atoms with E-state index in [1.807, 2.05) is 0 Å². The van der Waals surface area contributed by atoms with Crippen molar-refractivity contribution in [2.45, 2.75) is 31.3 Å². The molecule has 0 aromatic rings. The summed E-state index contributed by atoms with van der Waals surface area (Å²) in [6, 6.07) is -2.70. The minimum Gasteiger partial charge on any atom is -0.480 e. The third-order valence-corrected chi connectivity index (χ3v) is 2.98. The van der Waals surface area contributed by atoms with Crippen molar-refractivity contribution < 1.29 is 33.9 Å². The van der Waals surface area contributed by atoms with E-state index in [1.54, 1.807) is 0 Å². The third-order valence-electron chi connectivity index (χ3n) is 2.98. The molecule has 0 fully saturated rings. The van der Waals surface area contributed by atoms with E-state index in [-0.39, 0.29) is 12.8 Å². The Bertz CT molecular complexity index is 579. The summed E-state index contributed by atoms with van der Waals surface area (Å²) in [7, 11) is 0. The molecule has 0 bridgehead atoms. The van der Waals surface area contributed by atoms with Gasteiger partial charge in [-0.25, -0.2) is 4.79 Å². The van der Waals surface area contributed by atoms with Crippen molar-refractivity contribution in [1.29, 1.82) is 0 Å². The molecule has 0 aromatic carbocycles. The van der Waals surface area contributed by atoms with Crippen molar-refractivity contribution in [2.75, 3.05) is 13.1 Å². The van der Waals surface area contributed by atoms with Crippen LogP contribution in [0.15, 0.2) is 0 Å². The molecule has 0 aliphatic rings. The van der Waals surface area contributed by atoms with Gasteiger partial charge in [0.05, 0.1) is 19.5 Å². The Hall–Kier alpha value is -3.22. The molecule has 0 saturated heterocycles. The van der Waals surface area contributed by atoms with Gasteiger partial charge < -0.3 is 38.3 Å². The molecule has 0 heterocycles. The average Bonchev–Trinajstić information content (AvgIpc) is 2.54. The van der Waals surface area contributed by atoms with Crippen molar-refractivity contribution in [3.8, 4) is 0 Å². The molecule has 0 saturated carbocycles. The molecule has 146 valence electrons. The quantitative estimate of drug-likeness (QED) is 0.174. The number of nitrogens with one attached hydrogen (secondary N) is 3. The number of hydrogen-bond acceptors (Lipinski definition) is 7. The van der Waals surface area contributed by atoms with Gasteiger partial charge >= 0.3 is 5.97 Å². The van der Waals surface area contributed by atoms with Gasteiger partial charge in [-0.15, -0.1) is 0 Å². The first-order valence-electron chi connectivity index (χ1n) is 7.42. The summed E-state index contributed by atoms with van der Waals surface area (Å²) >= 11 is 0. The predicted octanol–water partition coefficient (Wildman–Crippen LogP) is -4.74. The van der Waals surface area contributed by atoms with Gasteiger partial charge in [0.15, 0.2) is 0 Å². The van der Waals surface area contributed by atoms with Crippen LogP contribution < -0.4 is 33.2 Å². The SMILES string of the molecule is NCC(=O)NC(CC(N)=O)C(=O)NCC(=O)NC(CCC(N)=O)C(=O)O. The number of hydrogen-bond donors (Lipinski definition) is 7. The lowest BCUT2D eigenvalue weighted by atomic mass is 10.1. The smallest absolute Gasteiger partial charge is 0.326 e. The minimum absolute atomic E-state index is 0.221. The average molecular weight is 374 g/mol. The maximum atomic E-state index is 11.9. The predicted molar refractivity (Wildman–Crippen MR) is 85.8 cm³/mol. The molecule has 0 rings (SSSR count). The van der Waals surface area contributed by atoms with Crippen molar-refractivity contribution in [3.05, 3.63) is 0 Å². The molecule has 0 aromatic heterocycles. The summed E-state index contributed by atoms with van der Waals surface area (Å²) in [6.07, 6.45) is -0.994. The minimum atomic E-state index is -1.38. The Morgan fingerprint density at radius 2 is 1.46 bits per heavy atom. The highest BCUT2D eigenvalue weighted by Gasteiger charge is 2.24. The number of primary amides is 2. The number of amides is 5. The van der Waals surface area contributed by atoms with Crippen LogP contribution >= 0.6 is 0 Å². The van der Waals surface area contributed by atoms with E-state index in [9.17, 15) is 28.8 Å². The van der Waals surface area contributed by atoms with E-state index in [1.165, 1.54) is 0 Å². The van der Waals surface area contributed by atoms with Crippen molar-refractivity contribution in [2.24, 2.45) is 17.2 Å². The molecule has 13 heteroatoms. The molecule has 26 heavy (non-hydrogen) atoms. The number of rotatable bonds is 12. The molecule has 2 unspecified atom stereocenters. The van der Waals surface area contributed by atoms with Crippen LogP contribution in [0.5, 0.6) is 0 Å². The highest BCUT2D eigenvalue weighted by Crippen LogP contribution is 1.97. The summed E-state index contributed by atoms with van der Waals surface area (Å²) in [5.74, 6) is -5.45. The van der Waals surface area contributed by atoms with Gasteiger partial charge in [0.25, 0.3) is 0 Å². The maximum Gasteiger partial charge on any atom is 0.326 e. The second-order valence-corrected chi connectivity index (χ2v) is 5.18. The number of carboxylic acids is 1. The lowest BCUT2D eigenvalue weighted by Crippen LogP contribution is -2.52. The van der Waals surface area contributed by atoms with E-state index in [0.717, 1.165) is 0 Å². The highest BCUT2D eigenvalue weighted by atomic mass is 16.4. The molecule has 0 aliphatic heterocycles. The summed E-state index contributed by atoms with van der Waals surface area (Å²) in [5, 5.41) is 15.3. The van der Waals surface area contributed by atoms with Gasteiger partial charge in [-0.3, -0.25) is 24.0 Å². The molecule has 5 amide bonds. The molecular weight excluding hydrogens is 352 g/mol. The number of nitrogens with two attached hydrogens (primary N) is 3. The second kappa shape index (κ2) is 11.4. The van der Waals surface area contributed by atoms with Gasteiger partial charge in [0.1, 0.15) is 12.1 Å².